The molecule has 27 heavy (non-hydrogen) atoms. The lowest BCUT2D eigenvalue weighted by atomic mass is 9.83. The Morgan fingerprint density at radius 2 is 1.74 bits per heavy atom. The van der Waals surface area contributed by atoms with Crippen LogP contribution in [-0.2, 0) is 11.2 Å². The minimum atomic E-state index is -0.485. The molecule has 1 saturated heterocycles. The molecule has 2 aliphatic rings. The highest BCUT2D eigenvalue weighted by Crippen LogP contribution is 2.36. The maximum absolute atomic E-state index is 12.7. The highest BCUT2D eigenvalue weighted by atomic mass is 16.3. The Kier molecular flexibility index (Phi) is 4.79. The summed E-state index contributed by atoms with van der Waals surface area (Å²) in [4.78, 5) is 15.2. The van der Waals surface area contributed by atoms with Crippen LogP contribution < -0.4 is 10.6 Å². The fraction of sp³-hybridized carbons (Fsp3) is 0.409. The molecule has 1 fully saturated rings. The second-order valence-corrected chi connectivity index (χ2v) is 7.80. The van der Waals surface area contributed by atoms with E-state index in [0.717, 1.165) is 50.1 Å². The number of amides is 1. The molecule has 1 atom stereocenters. The Bertz CT molecular complexity index is 811. The van der Waals surface area contributed by atoms with E-state index >= 15 is 0 Å². The van der Waals surface area contributed by atoms with Crippen LogP contribution in [0.2, 0.25) is 0 Å². The molecule has 1 amide bonds. The number of rotatable bonds is 4. The number of benzene rings is 2. The number of nitrogens with zero attached hydrogens (tertiary/aromatic N) is 1. The summed E-state index contributed by atoms with van der Waals surface area (Å²) in [6.45, 7) is 4.10. The predicted molar refractivity (Wildman–Crippen MR) is 108 cm³/mol. The Morgan fingerprint density at radius 1 is 1.07 bits per heavy atom. The first kappa shape index (κ1) is 17.9. The number of anilines is 2. The average Bonchev–Trinajstić information content (AvgIpc) is 2.69. The van der Waals surface area contributed by atoms with Gasteiger partial charge in [0.25, 0.3) is 0 Å². The van der Waals surface area contributed by atoms with Crippen molar-refractivity contribution in [3.05, 3.63) is 54.1 Å². The zero-order valence-electron chi connectivity index (χ0n) is 15.7. The Morgan fingerprint density at radius 3 is 2.44 bits per heavy atom. The van der Waals surface area contributed by atoms with Gasteiger partial charge in [-0.3, -0.25) is 4.79 Å². The lowest BCUT2D eigenvalue weighted by Gasteiger charge is -2.45. The van der Waals surface area contributed by atoms with Crippen molar-refractivity contribution in [2.75, 3.05) is 23.7 Å². The second kappa shape index (κ2) is 7.24. The van der Waals surface area contributed by atoms with Gasteiger partial charge in [-0.1, -0.05) is 24.3 Å². The van der Waals surface area contributed by atoms with E-state index in [2.05, 4.69) is 22.5 Å². The van der Waals surface area contributed by atoms with Gasteiger partial charge in [-0.15, -0.1) is 0 Å². The number of aromatic hydroxyl groups is 1. The van der Waals surface area contributed by atoms with Crippen molar-refractivity contribution in [2.24, 2.45) is 0 Å². The molecule has 0 saturated carbocycles. The summed E-state index contributed by atoms with van der Waals surface area (Å²) in [6.07, 6.45) is 3.70. The van der Waals surface area contributed by atoms with Gasteiger partial charge in [0.2, 0.25) is 5.91 Å². The number of aryl methyl sites for hydroxylation is 1. The van der Waals surface area contributed by atoms with E-state index in [1.165, 1.54) is 5.56 Å². The number of hydrogen-bond acceptors (Lipinski definition) is 4. The number of carbonyl (C=O) groups is 1. The van der Waals surface area contributed by atoms with Crippen molar-refractivity contribution >= 4 is 17.3 Å². The van der Waals surface area contributed by atoms with Crippen molar-refractivity contribution in [1.82, 2.24) is 4.90 Å². The Hall–Kier alpha value is -2.53. The molecule has 0 radical (unpaired) electrons. The first-order valence-corrected chi connectivity index (χ1v) is 9.76. The van der Waals surface area contributed by atoms with E-state index in [1.54, 1.807) is 12.1 Å². The molecule has 0 bridgehead atoms. The number of hydrogen-bond donors (Lipinski definition) is 3. The summed E-state index contributed by atoms with van der Waals surface area (Å²) in [5.41, 5.74) is 2.66. The van der Waals surface area contributed by atoms with Crippen molar-refractivity contribution in [1.29, 1.82) is 0 Å². The highest BCUT2D eigenvalue weighted by molar-refractivity contribution is 6.06. The van der Waals surface area contributed by atoms with Gasteiger partial charge in [0, 0.05) is 19.1 Å². The van der Waals surface area contributed by atoms with Gasteiger partial charge >= 0.3 is 0 Å². The lowest BCUT2D eigenvalue weighted by Crippen LogP contribution is -2.59. The number of carbonyl (C=O) groups excluding carboxylic acids is 1. The molecular weight excluding hydrogens is 338 g/mol. The fourth-order valence-corrected chi connectivity index (χ4v) is 4.18. The van der Waals surface area contributed by atoms with Gasteiger partial charge in [-0.2, -0.15) is 0 Å². The van der Waals surface area contributed by atoms with E-state index in [-0.39, 0.29) is 5.91 Å². The molecule has 142 valence electrons. The van der Waals surface area contributed by atoms with E-state index in [9.17, 15) is 9.90 Å². The van der Waals surface area contributed by atoms with Crippen molar-refractivity contribution in [3.8, 4) is 5.75 Å². The number of phenols is 1. The number of fused-ring (bicyclic) bond motifs is 1. The largest absolute Gasteiger partial charge is 0.508 e. The minimum Gasteiger partial charge on any atom is -0.508 e. The molecule has 2 heterocycles. The third-order valence-corrected chi connectivity index (χ3v) is 6.05. The highest BCUT2D eigenvalue weighted by Gasteiger charge is 2.44. The van der Waals surface area contributed by atoms with E-state index in [4.69, 9.17) is 0 Å². The third-order valence-electron chi connectivity index (χ3n) is 6.05. The van der Waals surface area contributed by atoms with Crippen LogP contribution in [0.3, 0.4) is 0 Å². The van der Waals surface area contributed by atoms with Crippen LogP contribution in [0.5, 0.6) is 5.75 Å². The normalized spacial score (nSPS) is 19.8. The van der Waals surface area contributed by atoms with Gasteiger partial charge < -0.3 is 20.6 Å². The molecule has 1 spiro atoms. The smallest absolute Gasteiger partial charge is 0.250 e. The number of phenolic OH excluding ortho intramolecular Hbond substituents is 1. The van der Waals surface area contributed by atoms with E-state index in [1.807, 2.05) is 36.4 Å². The summed E-state index contributed by atoms with van der Waals surface area (Å²) in [5, 5.41) is 16.0. The number of para-hydroxylation sites is 2. The molecule has 1 unspecified atom stereocenters. The van der Waals surface area contributed by atoms with Crippen molar-refractivity contribution in [2.45, 2.75) is 44.2 Å². The molecule has 3 N–H and O–H groups in total. The average molecular weight is 365 g/mol. The first-order valence-electron chi connectivity index (χ1n) is 9.76. The minimum absolute atomic E-state index is 0.0950. The van der Waals surface area contributed by atoms with Crippen LogP contribution in [0, 0.1) is 0 Å². The quantitative estimate of drug-likeness (QED) is 0.774. The molecular formula is C22H27N3O2. The monoisotopic (exact) mass is 365 g/mol. The van der Waals surface area contributed by atoms with Crippen molar-refractivity contribution in [3.63, 3.8) is 0 Å². The maximum Gasteiger partial charge on any atom is 0.250 e. The van der Waals surface area contributed by atoms with Crippen LogP contribution in [0.4, 0.5) is 11.4 Å². The third kappa shape index (κ3) is 3.65. The maximum atomic E-state index is 12.7. The van der Waals surface area contributed by atoms with E-state index < -0.39 is 5.54 Å². The molecule has 2 aliphatic heterocycles. The second-order valence-electron chi connectivity index (χ2n) is 7.80. The van der Waals surface area contributed by atoms with Gasteiger partial charge in [-0.05, 0) is 62.4 Å². The summed E-state index contributed by atoms with van der Waals surface area (Å²) in [6, 6.07) is 15.8. The number of likely N-dealkylation sites (tertiary alicyclic amines) is 1. The Balaban J connectivity index is 1.34. The lowest BCUT2D eigenvalue weighted by molar-refractivity contribution is -0.122. The fourth-order valence-electron chi connectivity index (χ4n) is 4.18. The van der Waals surface area contributed by atoms with E-state index in [0.29, 0.717) is 11.8 Å². The molecule has 2 aromatic carbocycles. The zero-order valence-corrected chi connectivity index (χ0v) is 15.7. The van der Waals surface area contributed by atoms with Crippen LogP contribution in [0.25, 0.3) is 0 Å². The predicted octanol–water partition coefficient (Wildman–Crippen LogP) is 3.61. The standard InChI is InChI=1S/C22H27N3O2/c1-16(6-7-17-8-10-18(26)11-9-17)25-14-12-22(13-15-25)21(27)23-19-4-2-3-5-20(19)24-22/h2-5,8-11,16,24,26H,6-7,12-15H2,1H3,(H,23,27). The zero-order chi connectivity index (χ0) is 18.9. The van der Waals surface area contributed by atoms with Crippen LogP contribution in [-0.4, -0.2) is 40.6 Å². The summed E-state index contributed by atoms with van der Waals surface area (Å²) in [7, 11) is 0. The van der Waals surface area contributed by atoms with Crippen LogP contribution >= 0.6 is 0 Å². The van der Waals surface area contributed by atoms with Gasteiger partial charge in [-0.25, -0.2) is 0 Å². The van der Waals surface area contributed by atoms with Gasteiger partial charge in [0.05, 0.1) is 11.4 Å². The van der Waals surface area contributed by atoms with Gasteiger partial charge in [0.15, 0.2) is 0 Å². The first-order chi connectivity index (χ1) is 13.1. The molecule has 4 rings (SSSR count). The SMILES string of the molecule is CC(CCc1ccc(O)cc1)N1CCC2(CC1)Nc1ccccc1NC2=O. The molecule has 0 aromatic heterocycles. The molecule has 2 aromatic rings. The van der Waals surface area contributed by atoms with Crippen LogP contribution in [0.15, 0.2) is 48.5 Å². The summed E-state index contributed by atoms with van der Waals surface area (Å²) < 4.78 is 0. The van der Waals surface area contributed by atoms with Crippen molar-refractivity contribution < 1.29 is 9.90 Å². The Labute approximate surface area is 160 Å². The number of nitrogens with one attached hydrogen (secondary N) is 2. The summed E-state index contributed by atoms with van der Waals surface area (Å²) in [5.74, 6) is 0.408. The number of piperidine rings is 1. The topological polar surface area (TPSA) is 64.6 Å². The van der Waals surface area contributed by atoms with Gasteiger partial charge in [0.1, 0.15) is 11.3 Å². The molecule has 0 aliphatic carbocycles. The molecule has 5 heteroatoms. The van der Waals surface area contributed by atoms with Crippen LogP contribution in [0.1, 0.15) is 31.7 Å². The summed E-state index contributed by atoms with van der Waals surface area (Å²) >= 11 is 0. The molecule has 5 nitrogen and oxygen atoms in total.